The molecule has 1 N–H and O–H groups in total. The van der Waals surface area contributed by atoms with E-state index in [2.05, 4.69) is 43.4 Å². The first-order valence-corrected chi connectivity index (χ1v) is 7.91. The lowest BCUT2D eigenvalue weighted by Gasteiger charge is -2.10. The molecule has 0 atom stereocenters. The molecule has 2 nitrogen and oxygen atoms in total. The van der Waals surface area contributed by atoms with Gasteiger partial charge in [0.05, 0.1) is 5.52 Å². The summed E-state index contributed by atoms with van der Waals surface area (Å²) in [6, 6.07) is 10.5. The summed E-state index contributed by atoms with van der Waals surface area (Å²) in [5.41, 5.74) is 2.30. The van der Waals surface area contributed by atoms with Crippen molar-refractivity contribution < 1.29 is 0 Å². The van der Waals surface area contributed by atoms with E-state index in [1.807, 2.05) is 6.07 Å². The lowest BCUT2D eigenvalue weighted by atomic mass is 10.1. The van der Waals surface area contributed by atoms with Gasteiger partial charge in [-0.25, -0.2) is 4.98 Å². The van der Waals surface area contributed by atoms with Crippen molar-refractivity contribution in [1.82, 2.24) is 4.98 Å². The van der Waals surface area contributed by atoms with Crippen LogP contribution in [0, 0.1) is 6.92 Å². The van der Waals surface area contributed by atoms with Gasteiger partial charge in [0.1, 0.15) is 5.82 Å². The Morgan fingerprint density at radius 3 is 2.60 bits per heavy atom. The summed E-state index contributed by atoms with van der Waals surface area (Å²) < 4.78 is 0. The molecule has 2 aromatic rings. The highest BCUT2D eigenvalue weighted by Gasteiger charge is 2.02. The maximum Gasteiger partial charge on any atom is 0.129 e. The third kappa shape index (κ3) is 4.22. The molecule has 0 saturated carbocycles. The number of pyridine rings is 1. The van der Waals surface area contributed by atoms with Gasteiger partial charge in [-0.2, -0.15) is 0 Å². The Hall–Kier alpha value is -1.57. The molecule has 0 fully saturated rings. The minimum atomic E-state index is 1.03. The third-order valence-electron chi connectivity index (χ3n) is 3.74. The van der Waals surface area contributed by atoms with Gasteiger partial charge in [0, 0.05) is 11.9 Å². The first-order valence-electron chi connectivity index (χ1n) is 7.91. The molecule has 1 aromatic heterocycles. The Balaban J connectivity index is 1.82. The number of benzene rings is 1. The smallest absolute Gasteiger partial charge is 0.129 e. The van der Waals surface area contributed by atoms with E-state index in [0.717, 1.165) is 17.9 Å². The van der Waals surface area contributed by atoms with E-state index >= 15 is 0 Å². The number of aryl methyl sites for hydroxylation is 1. The van der Waals surface area contributed by atoms with Crippen LogP contribution in [0.2, 0.25) is 0 Å². The number of nitrogens with one attached hydrogen (secondary N) is 1. The first-order chi connectivity index (χ1) is 9.81. The fourth-order valence-corrected chi connectivity index (χ4v) is 2.51. The van der Waals surface area contributed by atoms with E-state index in [1.54, 1.807) is 0 Å². The number of rotatable bonds is 8. The zero-order chi connectivity index (χ0) is 14.2. The van der Waals surface area contributed by atoms with Gasteiger partial charge < -0.3 is 5.32 Å². The largest absolute Gasteiger partial charge is 0.370 e. The molecule has 0 bridgehead atoms. The number of anilines is 1. The zero-order valence-corrected chi connectivity index (χ0v) is 12.8. The molecule has 2 heteroatoms. The van der Waals surface area contributed by atoms with Gasteiger partial charge in [-0.05, 0) is 31.0 Å². The fraction of sp³-hybridized carbons (Fsp3) is 0.500. The van der Waals surface area contributed by atoms with Gasteiger partial charge in [-0.15, -0.1) is 0 Å². The molecular formula is C18H26N2. The number of unbranched alkanes of at least 4 members (excludes halogenated alkanes) is 5. The highest BCUT2D eigenvalue weighted by atomic mass is 15.0. The highest BCUT2D eigenvalue weighted by Crippen LogP contribution is 2.19. The summed E-state index contributed by atoms with van der Waals surface area (Å²) in [6.45, 7) is 5.41. The van der Waals surface area contributed by atoms with Crippen molar-refractivity contribution in [3.63, 3.8) is 0 Å². The second-order valence-corrected chi connectivity index (χ2v) is 5.54. The first kappa shape index (κ1) is 14.8. The quantitative estimate of drug-likeness (QED) is 0.657. The topological polar surface area (TPSA) is 24.9 Å². The van der Waals surface area contributed by atoms with Gasteiger partial charge in [-0.1, -0.05) is 57.2 Å². The normalized spacial score (nSPS) is 10.9. The van der Waals surface area contributed by atoms with Crippen LogP contribution in [-0.2, 0) is 0 Å². The van der Waals surface area contributed by atoms with Crippen molar-refractivity contribution in [2.75, 3.05) is 11.9 Å². The maximum absolute atomic E-state index is 4.71. The second kappa shape index (κ2) is 7.88. The number of hydrogen-bond acceptors (Lipinski definition) is 2. The van der Waals surface area contributed by atoms with E-state index in [0.29, 0.717) is 0 Å². The molecular weight excluding hydrogens is 244 g/mol. The number of hydrogen-bond donors (Lipinski definition) is 1. The Labute approximate surface area is 122 Å². The summed E-state index contributed by atoms with van der Waals surface area (Å²) in [5.74, 6) is 1.04. The van der Waals surface area contributed by atoms with Crippen molar-refractivity contribution in [3.05, 3.63) is 35.9 Å². The molecule has 108 valence electrons. The minimum absolute atomic E-state index is 1.03. The van der Waals surface area contributed by atoms with Gasteiger partial charge in [0.25, 0.3) is 0 Å². The molecule has 0 aliphatic rings. The van der Waals surface area contributed by atoms with Crippen LogP contribution in [0.25, 0.3) is 10.9 Å². The van der Waals surface area contributed by atoms with Crippen LogP contribution < -0.4 is 5.32 Å². The van der Waals surface area contributed by atoms with Gasteiger partial charge in [0.15, 0.2) is 0 Å². The third-order valence-corrected chi connectivity index (χ3v) is 3.74. The Morgan fingerprint density at radius 2 is 1.75 bits per heavy atom. The summed E-state index contributed by atoms with van der Waals surface area (Å²) >= 11 is 0. The van der Waals surface area contributed by atoms with Crippen molar-refractivity contribution in [2.45, 2.75) is 52.4 Å². The predicted molar refractivity (Wildman–Crippen MR) is 88.3 cm³/mol. The summed E-state index contributed by atoms with van der Waals surface area (Å²) in [7, 11) is 0. The predicted octanol–water partition coefficient (Wildman–Crippen LogP) is 5.32. The maximum atomic E-state index is 4.71. The van der Waals surface area contributed by atoms with Crippen LogP contribution >= 0.6 is 0 Å². The number of para-hydroxylation sites is 1. The van der Waals surface area contributed by atoms with Crippen LogP contribution in [0.1, 0.15) is 51.0 Å². The van der Waals surface area contributed by atoms with Crippen molar-refractivity contribution in [1.29, 1.82) is 0 Å². The van der Waals surface area contributed by atoms with Crippen molar-refractivity contribution in [3.8, 4) is 0 Å². The van der Waals surface area contributed by atoms with Crippen LogP contribution in [0.4, 0.5) is 5.82 Å². The monoisotopic (exact) mass is 270 g/mol. The minimum Gasteiger partial charge on any atom is -0.370 e. The molecule has 2 rings (SSSR count). The summed E-state index contributed by atoms with van der Waals surface area (Å²) in [6.07, 6.45) is 7.98. The SMILES string of the molecule is CCCCCCCCNc1nc2ccccc2cc1C. The Kier molecular flexibility index (Phi) is 5.85. The van der Waals surface area contributed by atoms with E-state index in [4.69, 9.17) is 4.98 Å². The molecule has 0 unspecified atom stereocenters. The van der Waals surface area contributed by atoms with Crippen LogP contribution in [0.15, 0.2) is 30.3 Å². The van der Waals surface area contributed by atoms with E-state index in [-0.39, 0.29) is 0 Å². The Morgan fingerprint density at radius 1 is 1.00 bits per heavy atom. The highest BCUT2D eigenvalue weighted by molar-refractivity contribution is 5.81. The lowest BCUT2D eigenvalue weighted by molar-refractivity contribution is 0.617. The van der Waals surface area contributed by atoms with Gasteiger partial charge in [-0.3, -0.25) is 0 Å². The molecule has 0 radical (unpaired) electrons. The summed E-state index contributed by atoms with van der Waals surface area (Å²) in [4.78, 5) is 4.71. The molecule has 20 heavy (non-hydrogen) atoms. The number of aromatic nitrogens is 1. The van der Waals surface area contributed by atoms with E-state index in [1.165, 1.54) is 49.5 Å². The molecule has 0 amide bonds. The molecule has 0 spiro atoms. The van der Waals surface area contributed by atoms with Crippen molar-refractivity contribution in [2.24, 2.45) is 0 Å². The molecule has 0 aliphatic heterocycles. The van der Waals surface area contributed by atoms with E-state index < -0.39 is 0 Å². The molecule has 1 heterocycles. The molecule has 0 aliphatic carbocycles. The van der Waals surface area contributed by atoms with Crippen LogP contribution in [-0.4, -0.2) is 11.5 Å². The van der Waals surface area contributed by atoms with E-state index in [9.17, 15) is 0 Å². The van der Waals surface area contributed by atoms with Gasteiger partial charge >= 0.3 is 0 Å². The molecule has 0 saturated heterocycles. The Bertz CT molecular complexity index is 534. The zero-order valence-electron chi connectivity index (χ0n) is 12.8. The van der Waals surface area contributed by atoms with Gasteiger partial charge in [0.2, 0.25) is 0 Å². The fourth-order valence-electron chi connectivity index (χ4n) is 2.51. The number of nitrogens with zero attached hydrogens (tertiary/aromatic N) is 1. The van der Waals surface area contributed by atoms with Crippen LogP contribution in [0.3, 0.4) is 0 Å². The number of fused-ring (bicyclic) bond motifs is 1. The molecule has 1 aromatic carbocycles. The second-order valence-electron chi connectivity index (χ2n) is 5.54. The average Bonchev–Trinajstić information content (AvgIpc) is 2.46. The van der Waals surface area contributed by atoms with Crippen LogP contribution in [0.5, 0.6) is 0 Å². The standard InChI is InChI=1S/C18H26N2/c1-3-4-5-6-7-10-13-19-18-15(2)14-16-11-8-9-12-17(16)20-18/h8-9,11-12,14H,3-7,10,13H2,1-2H3,(H,19,20). The van der Waals surface area contributed by atoms with Crippen molar-refractivity contribution >= 4 is 16.7 Å². The average molecular weight is 270 g/mol. The summed E-state index contributed by atoms with van der Waals surface area (Å²) in [5, 5.41) is 4.70. The lowest BCUT2D eigenvalue weighted by Crippen LogP contribution is -2.05.